The maximum Gasteiger partial charge on any atom is 0.343 e. The lowest BCUT2D eigenvalue weighted by molar-refractivity contribution is 0.0693. The Morgan fingerprint density at radius 1 is 0.765 bits per heavy atom. The third-order valence-corrected chi connectivity index (χ3v) is 5.84. The van der Waals surface area contributed by atoms with Crippen LogP contribution < -0.4 is 0 Å². The second-order valence-corrected chi connectivity index (χ2v) is 8.45. The van der Waals surface area contributed by atoms with Gasteiger partial charge in [-0.2, -0.15) is 0 Å². The Balaban J connectivity index is 1.72. The molecule has 0 aliphatic rings. The van der Waals surface area contributed by atoms with Crippen molar-refractivity contribution >= 4 is 52.0 Å². The zero-order valence-electron chi connectivity index (χ0n) is 17.9. The first-order chi connectivity index (χ1) is 16.6. The molecule has 1 heterocycles. The summed E-state index contributed by atoms with van der Waals surface area (Å²) in [5.41, 5.74) is 3.30. The summed E-state index contributed by atoms with van der Waals surface area (Å²) in [7, 11) is 0. The summed E-state index contributed by atoms with van der Waals surface area (Å²) < 4.78 is 12.1. The lowest BCUT2D eigenvalue weighted by Crippen LogP contribution is -2.04. The number of furan rings is 1. The van der Waals surface area contributed by atoms with E-state index in [2.05, 4.69) is 0 Å². The highest BCUT2D eigenvalue weighted by molar-refractivity contribution is 6.39. The van der Waals surface area contributed by atoms with Crippen molar-refractivity contribution in [2.45, 2.75) is 0 Å². The lowest BCUT2D eigenvalue weighted by Gasteiger charge is -2.10. The van der Waals surface area contributed by atoms with E-state index in [-0.39, 0.29) is 0 Å². The molecule has 0 radical (unpaired) electrons. The summed E-state index contributed by atoms with van der Waals surface area (Å²) in [5, 5.41) is 1.61. The van der Waals surface area contributed by atoms with Crippen molar-refractivity contribution < 1.29 is 13.9 Å². The van der Waals surface area contributed by atoms with Gasteiger partial charge in [-0.05, 0) is 24.3 Å². The van der Waals surface area contributed by atoms with Crippen LogP contribution in [0, 0.1) is 0 Å². The molecule has 0 saturated heterocycles. The number of ether oxygens (including phenoxy) is 1. The smallest absolute Gasteiger partial charge is 0.343 e. The van der Waals surface area contributed by atoms with Crippen LogP contribution in [0.25, 0.3) is 34.1 Å². The van der Waals surface area contributed by atoms with E-state index >= 15 is 0 Å². The summed E-state index contributed by atoms with van der Waals surface area (Å²) in [6, 6.07) is 31.4. The van der Waals surface area contributed by atoms with Gasteiger partial charge < -0.3 is 9.15 Å². The van der Waals surface area contributed by atoms with E-state index in [1.54, 1.807) is 42.5 Å². The molecule has 0 amide bonds. The number of hydrogen-bond donors (Lipinski definition) is 0. The van der Waals surface area contributed by atoms with Crippen molar-refractivity contribution in [1.29, 1.82) is 0 Å². The summed E-state index contributed by atoms with van der Waals surface area (Å²) >= 11 is 12.9. The number of carbonyl (C=O) groups is 1. The molecule has 34 heavy (non-hydrogen) atoms. The van der Waals surface area contributed by atoms with Crippen LogP contribution in [0.3, 0.4) is 0 Å². The molecule has 3 nitrogen and oxygen atoms in total. The number of benzene rings is 4. The van der Waals surface area contributed by atoms with Gasteiger partial charge in [-0.15, -0.1) is 0 Å². The molecule has 0 aliphatic carbocycles. The van der Waals surface area contributed by atoms with Gasteiger partial charge in [-0.1, -0.05) is 102 Å². The molecule has 0 N–H and O–H groups in total. The van der Waals surface area contributed by atoms with E-state index in [1.165, 1.54) is 0 Å². The van der Waals surface area contributed by atoms with E-state index in [4.69, 9.17) is 32.4 Å². The van der Waals surface area contributed by atoms with E-state index < -0.39 is 5.97 Å². The van der Waals surface area contributed by atoms with Gasteiger partial charge in [0.1, 0.15) is 17.1 Å². The predicted octanol–water partition coefficient (Wildman–Crippen LogP) is 8.76. The summed E-state index contributed by atoms with van der Waals surface area (Å²) in [6.07, 6.45) is 1.80. The number of hydrogen-bond acceptors (Lipinski definition) is 3. The SMILES string of the molecule is O=C(O/C(=C\c1c(-c2ccccc2)oc2cc(Cl)cc(Cl)c12)c1ccccc1)c1ccccc1. The largest absolute Gasteiger partial charge is 0.455 e. The van der Waals surface area contributed by atoms with E-state index in [9.17, 15) is 4.79 Å². The average Bonchev–Trinajstić information content (AvgIpc) is 3.23. The Morgan fingerprint density at radius 2 is 1.35 bits per heavy atom. The molecule has 4 aromatic carbocycles. The Bertz CT molecular complexity index is 1490. The molecular weight excluding hydrogens is 467 g/mol. The molecular formula is C29H18Cl2O3. The van der Waals surface area contributed by atoms with Crippen LogP contribution in [0.1, 0.15) is 21.5 Å². The first-order valence-electron chi connectivity index (χ1n) is 10.6. The monoisotopic (exact) mass is 484 g/mol. The Morgan fingerprint density at radius 3 is 2.00 bits per heavy atom. The molecule has 0 atom stereocenters. The summed E-state index contributed by atoms with van der Waals surface area (Å²) in [5.74, 6) is 0.517. The third-order valence-electron chi connectivity index (χ3n) is 5.33. The lowest BCUT2D eigenvalue weighted by atomic mass is 10.0. The van der Waals surface area contributed by atoms with E-state index in [0.29, 0.717) is 43.7 Å². The standard InChI is InChI=1S/C29H18Cl2O3/c30-22-16-24(31)27-23(28(33-26(27)17-22)20-12-6-2-7-13-20)18-25(19-10-4-1-5-11-19)34-29(32)21-14-8-3-9-15-21/h1-18H/b25-18-. The summed E-state index contributed by atoms with van der Waals surface area (Å²) in [4.78, 5) is 13.0. The second kappa shape index (κ2) is 9.60. The predicted molar refractivity (Wildman–Crippen MR) is 138 cm³/mol. The van der Waals surface area contributed by atoms with Gasteiger partial charge in [0.15, 0.2) is 0 Å². The summed E-state index contributed by atoms with van der Waals surface area (Å²) in [6.45, 7) is 0. The van der Waals surface area contributed by atoms with Crippen LogP contribution >= 0.6 is 23.2 Å². The maximum atomic E-state index is 13.0. The van der Waals surface area contributed by atoms with Gasteiger partial charge in [0.25, 0.3) is 0 Å². The zero-order chi connectivity index (χ0) is 23.5. The molecule has 0 aliphatic heterocycles. The van der Waals surface area contributed by atoms with Crippen molar-refractivity contribution in [3.05, 3.63) is 130 Å². The quantitative estimate of drug-likeness (QED) is 0.185. The second-order valence-electron chi connectivity index (χ2n) is 7.60. The number of halogens is 2. The third kappa shape index (κ3) is 4.49. The average molecular weight is 485 g/mol. The topological polar surface area (TPSA) is 39.4 Å². The van der Waals surface area contributed by atoms with E-state index in [0.717, 1.165) is 11.1 Å². The van der Waals surface area contributed by atoms with Crippen LogP contribution in [0.5, 0.6) is 0 Å². The van der Waals surface area contributed by atoms with Crippen LogP contribution in [-0.4, -0.2) is 5.97 Å². The minimum atomic E-state index is -0.459. The number of fused-ring (bicyclic) bond motifs is 1. The normalized spacial score (nSPS) is 11.5. The minimum absolute atomic E-state index is 0.375. The number of esters is 1. The van der Waals surface area contributed by atoms with Gasteiger partial charge in [-0.25, -0.2) is 4.79 Å². The molecule has 5 aromatic rings. The molecule has 0 fully saturated rings. The highest BCUT2D eigenvalue weighted by atomic mass is 35.5. The maximum absolute atomic E-state index is 13.0. The molecule has 166 valence electrons. The first-order valence-corrected chi connectivity index (χ1v) is 11.4. The van der Waals surface area contributed by atoms with E-state index in [1.807, 2.05) is 66.7 Å². The fourth-order valence-corrected chi connectivity index (χ4v) is 4.33. The Kier molecular flexibility index (Phi) is 6.22. The molecule has 5 heteroatoms. The van der Waals surface area contributed by atoms with Gasteiger partial charge >= 0.3 is 5.97 Å². The Labute approximate surface area is 206 Å². The molecule has 5 rings (SSSR count). The van der Waals surface area contributed by atoms with Crippen molar-refractivity contribution in [2.75, 3.05) is 0 Å². The molecule has 1 aromatic heterocycles. The van der Waals surface area contributed by atoms with Gasteiger partial charge in [0.05, 0.1) is 10.6 Å². The number of carbonyl (C=O) groups excluding carboxylic acids is 1. The molecule has 0 unspecified atom stereocenters. The van der Waals surface area contributed by atoms with Crippen molar-refractivity contribution in [3.8, 4) is 11.3 Å². The van der Waals surface area contributed by atoms with Gasteiger partial charge in [0.2, 0.25) is 0 Å². The van der Waals surface area contributed by atoms with Crippen LogP contribution in [0.4, 0.5) is 0 Å². The van der Waals surface area contributed by atoms with Gasteiger partial charge in [-0.3, -0.25) is 0 Å². The highest BCUT2D eigenvalue weighted by Gasteiger charge is 2.20. The zero-order valence-corrected chi connectivity index (χ0v) is 19.4. The molecule has 0 bridgehead atoms. The minimum Gasteiger partial charge on any atom is -0.455 e. The van der Waals surface area contributed by atoms with Crippen LogP contribution in [0.2, 0.25) is 10.0 Å². The van der Waals surface area contributed by atoms with Crippen LogP contribution in [0.15, 0.2) is 108 Å². The van der Waals surface area contributed by atoms with Gasteiger partial charge in [0, 0.05) is 33.2 Å². The highest BCUT2D eigenvalue weighted by Crippen LogP contribution is 2.41. The van der Waals surface area contributed by atoms with Crippen molar-refractivity contribution in [3.63, 3.8) is 0 Å². The first kappa shape index (κ1) is 22.0. The molecule has 0 spiro atoms. The number of rotatable bonds is 5. The fourth-order valence-electron chi connectivity index (χ4n) is 3.75. The Hall–Kier alpha value is -3.79. The fraction of sp³-hybridized carbons (Fsp3) is 0. The molecule has 0 saturated carbocycles. The van der Waals surface area contributed by atoms with Crippen LogP contribution in [-0.2, 0) is 4.74 Å². The van der Waals surface area contributed by atoms with Crippen molar-refractivity contribution in [1.82, 2.24) is 0 Å². The van der Waals surface area contributed by atoms with Crippen molar-refractivity contribution in [2.24, 2.45) is 0 Å².